The van der Waals surface area contributed by atoms with Gasteiger partial charge in [0.1, 0.15) is 5.75 Å². The summed E-state index contributed by atoms with van der Waals surface area (Å²) >= 11 is 0. The van der Waals surface area contributed by atoms with Gasteiger partial charge in [-0.1, -0.05) is 18.2 Å². The molecule has 1 aromatic carbocycles. The van der Waals surface area contributed by atoms with Crippen LogP contribution in [0.4, 0.5) is 0 Å². The predicted molar refractivity (Wildman–Crippen MR) is 80.7 cm³/mol. The van der Waals surface area contributed by atoms with Crippen molar-refractivity contribution in [1.82, 2.24) is 14.5 Å². The summed E-state index contributed by atoms with van der Waals surface area (Å²) in [5.41, 5.74) is -0.127. The maximum atomic E-state index is 12.0. The lowest BCUT2D eigenvalue weighted by molar-refractivity contribution is 0.393. The van der Waals surface area contributed by atoms with E-state index in [9.17, 15) is 9.59 Å². The van der Waals surface area contributed by atoms with Crippen LogP contribution in [0.2, 0.25) is 0 Å². The molecule has 1 atom stereocenters. The molecule has 0 saturated heterocycles. The van der Waals surface area contributed by atoms with Crippen LogP contribution in [0.3, 0.4) is 0 Å². The molecule has 0 bridgehead atoms. The second-order valence-electron chi connectivity index (χ2n) is 4.75. The second kappa shape index (κ2) is 6.41. The van der Waals surface area contributed by atoms with Crippen molar-refractivity contribution < 1.29 is 4.74 Å². The zero-order chi connectivity index (χ0) is 15.4. The third-order valence-electron chi connectivity index (χ3n) is 3.48. The van der Waals surface area contributed by atoms with Gasteiger partial charge in [-0.05, 0) is 13.1 Å². The summed E-state index contributed by atoms with van der Waals surface area (Å²) < 4.78 is 8.03. The monoisotopic (exact) mass is 289 g/mol. The number of rotatable bonds is 5. The fraction of sp³-hybridized carbons (Fsp3) is 0.333. The lowest BCUT2D eigenvalue weighted by atomic mass is 10.1. The van der Waals surface area contributed by atoms with Gasteiger partial charge >= 0.3 is 11.1 Å². The van der Waals surface area contributed by atoms with Crippen LogP contribution in [0.5, 0.6) is 5.75 Å². The highest BCUT2D eigenvalue weighted by Crippen LogP contribution is 2.25. The molecule has 0 fully saturated rings. The Morgan fingerprint density at radius 3 is 2.57 bits per heavy atom. The number of ether oxygens (including phenoxy) is 1. The number of aryl methyl sites for hydroxylation is 1. The molecule has 6 heteroatoms. The van der Waals surface area contributed by atoms with E-state index in [1.165, 1.54) is 9.13 Å². The first-order valence-electron chi connectivity index (χ1n) is 6.64. The van der Waals surface area contributed by atoms with Crippen molar-refractivity contribution in [2.45, 2.75) is 12.6 Å². The van der Waals surface area contributed by atoms with Crippen molar-refractivity contribution in [3.63, 3.8) is 0 Å². The molecular weight excluding hydrogens is 270 g/mol. The van der Waals surface area contributed by atoms with Crippen LogP contribution >= 0.6 is 0 Å². The zero-order valence-electron chi connectivity index (χ0n) is 12.4. The number of likely N-dealkylation sites (N-methyl/N-ethyl adjacent to an activating group) is 1. The normalized spacial score (nSPS) is 12.1. The minimum absolute atomic E-state index is 0.133. The maximum Gasteiger partial charge on any atom is 0.316 e. The highest BCUT2D eigenvalue weighted by Gasteiger charge is 2.15. The molecule has 112 valence electrons. The molecule has 2 aromatic rings. The first-order chi connectivity index (χ1) is 10.1. The lowest BCUT2D eigenvalue weighted by Crippen LogP contribution is -2.41. The first kappa shape index (κ1) is 15.1. The second-order valence-corrected chi connectivity index (χ2v) is 4.75. The predicted octanol–water partition coefficient (Wildman–Crippen LogP) is 0.516. The molecule has 6 nitrogen and oxygen atoms in total. The van der Waals surface area contributed by atoms with Crippen LogP contribution in [0.25, 0.3) is 0 Å². The summed E-state index contributed by atoms with van der Waals surface area (Å²) in [6, 6.07) is 7.47. The van der Waals surface area contributed by atoms with Crippen molar-refractivity contribution in [3.8, 4) is 5.75 Å². The average molecular weight is 289 g/mol. The smallest absolute Gasteiger partial charge is 0.316 e. The Hall–Kier alpha value is -2.34. The van der Waals surface area contributed by atoms with Crippen molar-refractivity contribution in [1.29, 1.82) is 0 Å². The average Bonchev–Trinajstić information content (AvgIpc) is 2.52. The van der Waals surface area contributed by atoms with Gasteiger partial charge in [0.2, 0.25) is 0 Å². The van der Waals surface area contributed by atoms with Crippen LogP contribution in [-0.4, -0.2) is 23.3 Å². The summed E-state index contributed by atoms with van der Waals surface area (Å²) in [6.07, 6.45) is 3.20. The summed E-state index contributed by atoms with van der Waals surface area (Å²) in [7, 11) is 4.98. The van der Waals surface area contributed by atoms with Crippen LogP contribution in [0.15, 0.2) is 46.2 Å². The van der Waals surface area contributed by atoms with E-state index in [4.69, 9.17) is 4.74 Å². The molecule has 2 rings (SSSR count). The van der Waals surface area contributed by atoms with Crippen LogP contribution in [0, 0.1) is 0 Å². The molecule has 1 heterocycles. The van der Waals surface area contributed by atoms with Gasteiger partial charge in [-0.25, -0.2) is 0 Å². The van der Waals surface area contributed by atoms with E-state index < -0.39 is 11.1 Å². The minimum Gasteiger partial charge on any atom is -0.496 e. The third-order valence-corrected chi connectivity index (χ3v) is 3.48. The SMILES string of the molecule is CNC(Cn1ccn(C)c(=O)c1=O)c1ccccc1OC. The van der Waals surface area contributed by atoms with E-state index in [-0.39, 0.29) is 6.04 Å². The topological polar surface area (TPSA) is 65.3 Å². The number of nitrogens with one attached hydrogen (secondary N) is 1. The number of nitrogens with zero attached hydrogens (tertiary/aromatic N) is 2. The van der Waals surface area contributed by atoms with Gasteiger partial charge in [0.15, 0.2) is 0 Å². The lowest BCUT2D eigenvalue weighted by Gasteiger charge is -2.20. The van der Waals surface area contributed by atoms with Gasteiger partial charge in [0.25, 0.3) is 0 Å². The molecule has 0 aliphatic heterocycles. The molecule has 1 aromatic heterocycles. The fourth-order valence-electron chi connectivity index (χ4n) is 2.23. The number of hydrogen-bond donors (Lipinski definition) is 1. The fourth-order valence-corrected chi connectivity index (χ4v) is 2.23. The number of hydrogen-bond acceptors (Lipinski definition) is 4. The highest BCUT2D eigenvalue weighted by atomic mass is 16.5. The number of aromatic nitrogens is 2. The van der Waals surface area contributed by atoms with Crippen LogP contribution in [0.1, 0.15) is 11.6 Å². The van der Waals surface area contributed by atoms with Gasteiger partial charge in [0, 0.05) is 31.5 Å². The van der Waals surface area contributed by atoms with E-state index in [1.54, 1.807) is 26.6 Å². The van der Waals surface area contributed by atoms with Crippen molar-refractivity contribution >= 4 is 0 Å². The number of benzene rings is 1. The Labute approximate surface area is 122 Å². The number of para-hydroxylation sites is 1. The van der Waals surface area contributed by atoms with Gasteiger partial charge < -0.3 is 19.2 Å². The Morgan fingerprint density at radius 2 is 1.90 bits per heavy atom. The van der Waals surface area contributed by atoms with E-state index >= 15 is 0 Å². The quantitative estimate of drug-likeness (QED) is 0.815. The van der Waals surface area contributed by atoms with Crippen molar-refractivity contribution in [3.05, 3.63) is 62.9 Å². The zero-order valence-corrected chi connectivity index (χ0v) is 12.4. The van der Waals surface area contributed by atoms with Crippen molar-refractivity contribution in [2.75, 3.05) is 14.2 Å². The van der Waals surface area contributed by atoms with E-state index in [0.29, 0.717) is 6.54 Å². The summed E-state index contributed by atoms with van der Waals surface area (Å²) in [5, 5.41) is 3.15. The summed E-state index contributed by atoms with van der Waals surface area (Å²) in [5.74, 6) is 0.744. The highest BCUT2D eigenvalue weighted by molar-refractivity contribution is 5.35. The molecule has 0 radical (unpaired) electrons. The first-order valence-corrected chi connectivity index (χ1v) is 6.64. The Balaban J connectivity index is 2.38. The summed E-state index contributed by atoms with van der Waals surface area (Å²) in [6.45, 7) is 0.353. The molecule has 1 N–H and O–H groups in total. The van der Waals surface area contributed by atoms with Gasteiger partial charge in [-0.15, -0.1) is 0 Å². The molecule has 0 aliphatic rings. The molecular formula is C15H19N3O3. The Kier molecular flexibility index (Phi) is 4.59. The minimum atomic E-state index is -0.535. The summed E-state index contributed by atoms with van der Waals surface area (Å²) in [4.78, 5) is 23.7. The molecule has 1 unspecified atom stereocenters. The Morgan fingerprint density at radius 1 is 1.19 bits per heavy atom. The van der Waals surface area contributed by atoms with E-state index in [0.717, 1.165) is 11.3 Å². The third kappa shape index (κ3) is 3.05. The van der Waals surface area contributed by atoms with Crippen LogP contribution < -0.4 is 21.2 Å². The maximum absolute atomic E-state index is 12.0. The molecule has 0 aliphatic carbocycles. The molecule has 0 amide bonds. The largest absolute Gasteiger partial charge is 0.496 e. The van der Waals surface area contributed by atoms with Gasteiger partial charge in [-0.3, -0.25) is 9.59 Å². The van der Waals surface area contributed by atoms with Crippen molar-refractivity contribution in [2.24, 2.45) is 7.05 Å². The van der Waals surface area contributed by atoms with Gasteiger partial charge in [-0.2, -0.15) is 0 Å². The molecule has 0 spiro atoms. The van der Waals surface area contributed by atoms with E-state index in [2.05, 4.69) is 5.32 Å². The molecule has 21 heavy (non-hydrogen) atoms. The molecule has 0 saturated carbocycles. The number of methoxy groups -OCH3 is 1. The van der Waals surface area contributed by atoms with Gasteiger partial charge in [0.05, 0.1) is 13.2 Å². The standard InChI is InChI=1S/C15H19N3O3/c1-16-12(11-6-4-5-7-13(11)21-3)10-18-9-8-17(2)14(19)15(18)20/h4-9,12,16H,10H2,1-3H3. The van der Waals surface area contributed by atoms with E-state index in [1.807, 2.05) is 31.3 Å². The van der Waals surface area contributed by atoms with Crippen LogP contribution in [-0.2, 0) is 13.6 Å². The Bertz CT molecular complexity index is 733.